The van der Waals surface area contributed by atoms with Crippen molar-refractivity contribution in [1.82, 2.24) is 15.0 Å². The summed E-state index contributed by atoms with van der Waals surface area (Å²) >= 11 is 0. The van der Waals surface area contributed by atoms with Gasteiger partial charge in [-0.25, -0.2) is 0 Å². The van der Waals surface area contributed by atoms with Crippen molar-refractivity contribution in [3.05, 3.63) is 35.9 Å². The van der Waals surface area contributed by atoms with Crippen LogP contribution in [0.2, 0.25) is 0 Å². The van der Waals surface area contributed by atoms with Crippen molar-refractivity contribution in [2.75, 3.05) is 19.7 Å². The van der Waals surface area contributed by atoms with Crippen molar-refractivity contribution in [2.45, 2.75) is 32.3 Å². The number of piperidine rings is 1. The first-order valence-corrected chi connectivity index (χ1v) is 7.51. The molecule has 0 aliphatic carbocycles. The van der Waals surface area contributed by atoms with E-state index in [4.69, 9.17) is 13.7 Å². The van der Waals surface area contributed by atoms with E-state index in [1.807, 2.05) is 6.92 Å². The third-order valence-corrected chi connectivity index (χ3v) is 3.72. The Morgan fingerprint density at radius 2 is 2.45 bits per heavy atom. The van der Waals surface area contributed by atoms with E-state index in [1.54, 1.807) is 17.0 Å². The number of aromatic nitrogens is 2. The number of amides is 1. The van der Waals surface area contributed by atoms with Gasteiger partial charge in [0.2, 0.25) is 0 Å². The summed E-state index contributed by atoms with van der Waals surface area (Å²) in [5, 5.41) is 4.02. The summed E-state index contributed by atoms with van der Waals surface area (Å²) in [6.45, 7) is 4.14. The fourth-order valence-corrected chi connectivity index (χ4v) is 2.61. The molecule has 0 radical (unpaired) electrons. The van der Waals surface area contributed by atoms with Gasteiger partial charge in [-0.05, 0) is 31.9 Å². The second kappa shape index (κ2) is 6.74. The summed E-state index contributed by atoms with van der Waals surface area (Å²) < 4.78 is 15.6. The lowest BCUT2D eigenvalue weighted by Gasteiger charge is -2.30. The minimum atomic E-state index is -0.0901. The molecule has 7 heteroatoms. The number of hydrogen-bond donors (Lipinski definition) is 0. The molecule has 0 bridgehead atoms. The standard InChI is InChI=1S/C15H19N3O4/c1-2-20-10-13-16-14(17-22-13)11-5-3-7-18(9-11)15(19)12-6-4-8-21-12/h4,6,8,11H,2-3,5,7,9-10H2,1H3. The molecule has 1 atom stereocenters. The lowest BCUT2D eigenvalue weighted by Crippen LogP contribution is -2.39. The predicted octanol–water partition coefficient (Wildman–Crippen LogP) is 2.22. The van der Waals surface area contributed by atoms with E-state index in [0.29, 0.717) is 37.2 Å². The third kappa shape index (κ3) is 3.19. The molecular weight excluding hydrogens is 286 g/mol. The summed E-state index contributed by atoms with van der Waals surface area (Å²) in [5.41, 5.74) is 0. The van der Waals surface area contributed by atoms with Gasteiger partial charge in [0.25, 0.3) is 11.8 Å². The van der Waals surface area contributed by atoms with Crippen molar-refractivity contribution >= 4 is 5.91 Å². The number of carbonyl (C=O) groups is 1. The summed E-state index contributed by atoms with van der Waals surface area (Å²) in [5.74, 6) is 1.49. The molecule has 1 aliphatic rings. The summed E-state index contributed by atoms with van der Waals surface area (Å²) in [7, 11) is 0. The third-order valence-electron chi connectivity index (χ3n) is 3.72. The predicted molar refractivity (Wildman–Crippen MR) is 76.2 cm³/mol. The quantitative estimate of drug-likeness (QED) is 0.842. The van der Waals surface area contributed by atoms with E-state index in [0.717, 1.165) is 19.4 Å². The summed E-state index contributed by atoms with van der Waals surface area (Å²) in [6, 6.07) is 3.40. The van der Waals surface area contributed by atoms with E-state index in [9.17, 15) is 4.79 Å². The van der Waals surface area contributed by atoms with Crippen molar-refractivity contribution in [3.8, 4) is 0 Å². The van der Waals surface area contributed by atoms with Crippen molar-refractivity contribution < 1.29 is 18.5 Å². The maximum Gasteiger partial charge on any atom is 0.289 e. The average molecular weight is 305 g/mol. The number of nitrogens with zero attached hydrogens (tertiary/aromatic N) is 3. The summed E-state index contributed by atoms with van der Waals surface area (Å²) in [4.78, 5) is 18.5. The fourth-order valence-electron chi connectivity index (χ4n) is 2.61. The van der Waals surface area contributed by atoms with Crippen LogP contribution in [0, 0.1) is 0 Å². The zero-order chi connectivity index (χ0) is 15.4. The molecule has 1 fully saturated rings. The molecule has 22 heavy (non-hydrogen) atoms. The lowest BCUT2D eigenvalue weighted by molar-refractivity contribution is 0.0671. The van der Waals surface area contributed by atoms with Gasteiger partial charge >= 0.3 is 0 Å². The number of hydrogen-bond acceptors (Lipinski definition) is 6. The molecule has 0 aromatic carbocycles. The molecule has 1 saturated heterocycles. The first-order chi connectivity index (χ1) is 10.8. The van der Waals surface area contributed by atoms with Crippen LogP contribution >= 0.6 is 0 Å². The highest BCUT2D eigenvalue weighted by atomic mass is 16.5. The Kier molecular flexibility index (Phi) is 4.53. The molecule has 2 aromatic rings. The molecule has 3 heterocycles. The Bertz CT molecular complexity index is 608. The Labute approximate surface area is 128 Å². The van der Waals surface area contributed by atoms with Crippen molar-refractivity contribution in [2.24, 2.45) is 0 Å². The second-order valence-electron chi connectivity index (χ2n) is 5.25. The molecular formula is C15H19N3O4. The molecule has 0 N–H and O–H groups in total. The van der Waals surface area contributed by atoms with E-state index in [2.05, 4.69) is 10.1 Å². The van der Waals surface area contributed by atoms with Gasteiger partial charge in [-0.15, -0.1) is 0 Å². The Balaban J connectivity index is 1.65. The molecule has 7 nitrogen and oxygen atoms in total. The largest absolute Gasteiger partial charge is 0.459 e. The van der Waals surface area contributed by atoms with Gasteiger partial charge in [0.05, 0.1) is 6.26 Å². The molecule has 0 saturated carbocycles. The van der Waals surface area contributed by atoms with E-state index in [1.165, 1.54) is 6.26 Å². The van der Waals surface area contributed by atoms with Crippen LogP contribution in [0.5, 0.6) is 0 Å². The lowest BCUT2D eigenvalue weighted by atomic mass is 9.97. The Hall–Kier alpha value is -2.15. The fraction of sp³-hybridized carbons (Fsp3) is 0.533. The van der Waals surface area contributed by atoms with Gasteiger partial charge in [0, 0.05) is 25.6 Å². The van der Waals surface area contributed by atoms with Crippen LogP contribution in [-0.4, -0.2) is 40.6 Å². The van der Waals surface area contributed by atoms with Crippen LogP contribution < -0.4 is 0 Å². The Morgan fingerprint density at radius 1 is 1.55 bits per heavy atom. The first-order valence-electron chi connectivity index (χ1n) is 7.51. The van der Waals surface area contributed by atoms with Gasteiger partial charge in [-0.3, -0.25) is 4.79 Å². The van der Waals surface area contributed by atoms with Gasteiger partial charge < -0.3 is 18.6 Å². The Morgan fingerprint density at radius 3 is 3.23 bits per heavy atom. The highest BCUT2D eigenvalue weighted by Crippen LogP contribution is 2.26. The van der Waals surface area contributed by atoms with E-state index >= 15 is 0 Å². The molecule has 118 valence electrons. The zero-order valence-electron chi connectivity index (χ0n) is 12.5. The van der Waals surface area contributed by atoms with Crippen LogP contribution in [0.3, 0.4) is 0 Å². The SMILES string of the molecule is CCOCc1nc(C2CCCN(C(=O)c3ccco3)C2)no1. The van der Waals surface area contributed by atoms with Crippen LogP contribution in [0.4, 0.5) is 0 Å². The highest BCUT2D eigenvalue weighted by molar-refractivity contribution is 5.91. The van der Waals surface area contributed by atoms with Gasteiger partial charge in [-0.2, -0.15) is 4.98 Å². The maximum atomic E-state index is 12.3. The molecule has 1 amide bonds. The number of likely N-dealkylation sites (tertiary alicyclic amines) is 1. The van der Waals surface area contributed by atoms with Crippen LogP contribution in [0.1, 0.15) is 48.0 Å². The smallest absolute Gasteiger partial charge is 0.289 e. The average Bonchev–Trinajstić information content (AvgIpc) is 3.24. The normalized spacial score (nSPS) is 18.6. The first kappa shape index (κ1) is 14.8. The van der Waals surface area contributed by atoms with Crippen LogP contribution in [0.15, 0.2) is 27.3 Å². The van der Waals surface area contributed by atoms with Crippen LogP contribution in [0.25, 0.3) is 0 Å². The second-order valence-corrected chi connectivity index (χ2v) is 5.25. The molecule has 1 aliphatic heterocycles. The minimum absolute atomic E-state index is 0.0896. The van der Waals surface area contributed by atoms with Crippen LogP contribution in [-0.2, 0) is 11.3 Å². The molecule has 3 rings (SSSR count). The molecule has 1 unspecified atom stereocenters. The van der Waals surface area contributed by atoms with E-state index < -0.39 is 0 Å². The van der Waals surface area contributed by atoms with Gasteiger partial charge in [0.1, 0.15) is 6.61 Å². The molecule has 2 aromatic heterocycles. The topological polar surface area (TPSA) is 81.6 Å². The number of furan rings is 1. The van der Waals surface area contributed by atoms with E-state index in [-0.39, 0.29) is 11.8 Å². The van der Waals surface area contributed by atoms with Gasteiger partial charge in [0.15, 0.2) is 11.6 Å². The number of rotatable bonds is 5. The maximum absolute atomic E-state index is 12.3. The van der Waals surface area contributed by atoms with Gasteiger partial charge in [-0.1, -0.05) is 5.16 Å². The number of carbonyl (C=O) groups excluding carboxylic acids is 1. The minimum Gasteiger partial charge on any atom is -0.459 e. The number of ether oxygens (including phenoxy) is 1. The van der Waals surface area contributed by atoms with Crippen molar-refractivity contribution in [1.29, 1.82) is 0 Å². The zero-order valence-corrected chi connectivity index (χ0v) is 12.5. The highest BCUT2D eigenvalue weighted by Gasteiger charge is 2.29. The monoisotopic (exact) mass is 305 g/mol. The van der Waals surface area contributed by atoms with Crippen molar-refractivity contribution in [3.63, 3.8) is 0 Å². The summed E-state index contributed by atoms with van der Waals surface area (Å²) in [6.07, 6.45) is 3.36. The molecule has 0 spiro atoms.